The molecule has 0 aliphatic carbocycles. The average molecular weight is 495 g/mol. The van der Waals surface area contributed by atoms with Crippen molar-refractivity contribution in [3.8, 4) is 17.2 Å². The summed E-state index contributed by atoms with van der Waals surface area (Å²) in [5.41, 5.74) is 2.01. The zero-order valence-corrected chi connectivity index (χ0v) is 21.3. The Kier molecular flexibility index (Phi) is 7.54. The first-order valence-electron chi connectivity index (χ1n) is 12.5. The number of hydrogen-bond donors (Lipinski definition) is 2. The minimum atomic E-state index is -0.806. The number of ketones is 1. The highest BCUT2D eigenvalue weighted by atomic mass is 16.5. The maximum atomic E-state index is 13.3. The van der Waals surface area contributed by atoms with Crippen LogP contribution < -0.4 is 9.47 Å². The third-order valence-electron chi connectivity index (χ3n) is 7.00. The van der Waals surface area contributed by atoms with Crippen molar-refractivity contribution < 1.29 is 29.3 Å². The number of likely N-dealkylation sites (tertiary alicyclic amines) is 1. The van der Waals surface area contributed by atoms with E-state index in [0.717, 1.165) is 30.9 Å². The fraction of sp³-hybridized carbons (Fsp3) is 0.429. The maximum Gasteiger partial charge on any atom is 0.295 e. The first-order valence-corrected chi connectivity index (χ1v) is 12.5. The van der Waals surface area contributed by atoms with Crippen LogP contribution in [0.25, 0.3) is 5.76 Å². The van der Waals surface area contributed by atoms with Crippen molar-refractivity contribution in [1.82, 2.24) is 9.80 Å². The van der Waals surface area contributed by atoms with Gasteiger partial charge < -0.3 is 29.5 Å². The number of aliphatic hydroxyl groups excluding tert-OH is 1. The number of hydrogen-bond acceptors (Lipinski definition) is 7. The summed E-state index contributed by atoms with van der Waals surface area (Å²) in [7, 11) is 1.44. The van der Waals surface area contributed by atoms with Crippen molar-refractivity contribution in [3.05, 3.63) is 58.7 Å². The van der Waals surface area contributed by atoms with Crippen LogP contribution in [0.4, 0.5) is 0 Å². The SMILES string of the molecule is CCN(CC)CCCN1C(=O)C(=O)/C(=C(/O)c2ccc3c(c2)C[C@H](C)O3)[C@@H]1c1ccc(O)c(OC)c1. The molecule has 4 rings (SSSR count). The van der Waals surface area contributed by atoms with E-state index in [1.54, 1.807) is 24.3 Å². The number of aromatic hydroxyl groups is 1. The van der Waals surface area contributed by atoms with E-state index in [1.807, 2.05) is 13.0 Å². The molecule has 0 unspecified atom stereocenters. The van der Waals surface area contributed by atoms with Gasteiger partial charge in [-0.3, -0.25) is 9.59 Å². The van der Waals surface area contributed by atoms with E-state index in [1.165, 1.54) is 18.1 Å². The number of benzene rings is 2. The Morgan fingerprint density at radius 2 is 1.92 bits per heavy atom. The molecule has 0 bridgehead atoms. The van der Waals surface area contributed by atoms with Crippen LogP contribution in [-0.2, 0) is 16.0 Å². The first-order chi connectivity index (χ1) is 17.3. The Labute approximate surface area is 211 Å². The number of carbonyl (C=O) groups excluding carboxylic acids is 2. The lowest BCUT2D eigenvalue weighted by molar-refractivity contribution is -0.140. The predicted molar refractivity (Wildman–Crippen MR) is 136 cm³/mol. The second-order valence-corrected chi connectivity index (χ2v) is 9.26. The van der Waals surface area contributed by atoms with E-state index in [-0.39, 0.29) is 28.9 Å². The lowest BCUT2D eigenvalue weighted by Gasteiger charge is -2.27. The van der Waals surface area contributed by atoms with Crippen LogP contribution in [0.2, 0.25) is 0 Å². The Balaban J connectivity index is 1.77. The van der Waals surface area contributed by atoms with Crippen LogP contribution in [0, 0.1) is 0 Å². The summed E-state index contributed by atoms with van der Waals surface area (Å²) in [5.74, 6) is -0.657. The number of Topliss-reactive ketones (excluding diaryl/α,β-unsaturated/α-hetero) is 1. The van der Waals surface area contributed by atoms with Crippen molar-refractivity contribution >= 4 is 17.4 Å². The average Bonchev–Trinajstić information content (AvgIpc) is 3.37. The van der Waals surface area contributed by atoms with E-state index in [0.29, 0.717) is 30.5 Å². The highest BCUT2D eigenvalue weighted by Gasteiger charge is 2.46. The second kappa shape index (κ2) is 10.6. The van der Waals surface area contributed by atoms with Crippen molar-refractivity contribution in [2.24, 2.45) is 0 Å². The molecule has 1 amide bonds. The normalized spacial score (nSPS) is 20.6. The van der Waals surface area contributed by atoms with Gasteiger partial charge in [0.15, 0.2) is 11.5 Å². The minimum absolute atomic E-state index is 0.0301. The molecule has 2 aromatic carbocycles. The number of fused-ring (bicyclic) bond motifs is 1. The molecular formula is C28H34N2O6. The molecule has 1 fully saturated rings. The molecule has 0 saturated carbocycles. The summed E-state index contributed by atoms with van der Waals surface area (Å²) in [6.07, 6.45) is 1.42. The zero-order chi connectivity index (χ0) is 26.0. The summed E-state index contributed by atoms with van der Waals surface area (Å²) in [6.45, 7) is 9.07. The molecular weight excluding hydrogens is 460 g/mol. The van der Waals surface area contributed by atoms with Crippen LogP contribution in [0.3, 0.4) is 0 Å². The molecule has 1 saturated heterocycles. The van der Waals surface area contributed by atoms with Gasteiger partial charge in [-0.1, -0.05) is 19.9 Å². The number of methoxy groups -OCH3 is 1. The lowest BCUT2D eigenvalue weighted by Crippen LogP contribution is -2.33. The number of carbonyl (C=O) groups is 2. The molecule has 0 aromatic heterocycles. The molecule has 0 spiro atoms. The molecule has 2 aliphatic rings. The number of nitrogens with zero attached hydrogens (tertiary/aromatic N) is 2. The molecule has 8 nitrogen and oxygen atoms in total. The second-order valence-electron chi connectivity index (χ2n) is 9.26. The van der Waals surface area contributed by atoms with Crippen molar-refractivity contribution in [2.45, 2.75) is 45.8 Å². The van der Waals surface area contributed by atoms with Crippen LogP contribution in [0.15, 0.2) is 42.0 Å². The molecule has 2 heterocycles. The number of aliphatic hydroxyl groups is 1. The van der Waals surface area contributed by atoms with Crippen LogP contribution >= 0.6 is 0 Å². The lowest BCUT2D eigenvalue weighted by atomic mass is 9.94. The van der Waals surface area contributed by atoms with Crippen LogP contribution in [0.5, 0.6) is 17.2 Å². The van der Waals surface area contributed by atoms with E-state index < -0.39 is 17.7 Å². The smallest absolute Gasteiger partial charge is 0.295 e. The number of phenolic OH excluding ortho intramolecular Hbond substituents is 1. The van der Waals surface area contributed by atoms with Gasteiger partial charge in [0, 0.05) is 18.5 Å². The van der Waals surface area contributed by atoms with Crippen LogP contribution in [0.1, 0.15) is 49.9 Å². The fourth-order valence-electron chi connectivity index (χ4n) is 5.05. The molecule has 0 radical (unpaired) electrons. The highest BCUT2D eigenvalue weighted by Crippen LogP contribution is 2.42. The quantitative estimate of drug-likeness (QED) is 0.310. The molecule has 2 N–H and O–H groups in total. The van der Waals surface area contributed by atoms with Gasteiger partial charge in [-0.2, -0.15) is 0 Å². The summed E-state index contributed by atoms with van der Waals surface area (Å²) in [4.78, 5) is 30.3. The Bertz CT molecular complexity index is 1190. The summed E-state index contributed by atoms with van der Waals surface area (Å²) < 4.78 is 11.0. The molecule has 2 aliphatic heterocycles. The summed E-state index contributed by atoms with van der Waals surface area (Å²) in [6, 6.07) is 9.22. The van der Waals surface area contributed by atoms with Crippen molar-refractivity contribution in [3.63, 3.8) is 0 Å². The van der Waals surface area contributed by atoms with E-state index >= 15 is 0 Å². The molecule has 2 atom stereocenters. The summed E-state index contributed by atoms with van der Waals surface area (Å²) in [5, 5.41) is 21.5. The largest absolute Gasteiger partial charge is 0.507 e. The predicted octanol–water partition coefficient (Wildman–Crippen LogP) is 3.88. The van der Waals surface area contributed by atoms with Crippen molar-refractivity contribution in [2.75, 3.05) is 33.3 Å². The van der Waals surface area contributed by atoms with Gasteiger partial charge in [0.2, 0.25) is 0 Å². The zero-order valence-electron chi connectivity index (χ0n) is 21.3. The van der Waals surface area contributed by atoms with Crippen molar-refractivity contribution in [1.29, 1.82) is 0 Å². The van der Waals surface area contributed by atoms with Gasteiger partial charge in [-0.05, 0) is 74.4 Å². The Morgan fingerprint density at radius 3 is 2.61 bits per heavy atom. The van der Waals surface area contributed by atoms with Gasteiger partial charge >= 0.3 is 0 Å². The Hall–Kier alpha value is -3.52. The molecule has 192 valence electrons. The minimum Gasteiger partial charge on any atom is -0.507 e. The van der Waals surface area contributed by atoms with Gasteiger partial charge in [0.1, 0.15) is 17.6 Å². The number of phenols is 1. The third kappa shape index (κ3) is 4.78. The standard InChI is InChI=1S/C28H34N2O6/c1-5-29(6-2)12-7-13-30-25(18-8-10-21(31)23(16-18)35-4)24(27(33)28(30)34)26(32)19-9-11-22-20(15-19)14-17(3)36-22/h8-11,15-17,25,31-32H,5-7,12-14H2,1-4H3/b26-24+/t17-,25-/m0/s1. The number of amides is 1. The Morgan fingerprint density at radius 1 is 1.17 bits per heavy atom. The van der Waals surface area contributed by atoms with Gasteiger partial charge in [-0.25, -0.2) is 0 Å². The fourth-order valence-corrected chi connectivity index (χ4v) is 5.05. The third-order valence-corrected chi connectivity index (χ3v) is 7.00. The molecule has 8 heteroatoms. The molecule has 36 heavy (non-hydrogen) atoms. The molecule has 2 aromatic rings. The monoisotopic (exact) mass is 494 g/mol. The van der Waals surface area contributed by atoms with Gasteiger partial charge in [0.05, 0.1) is 18.7 Å². The van der Waals surface area contributed by atoms with Gasteiger partial charge in [-0.15, -0.1) is 0 Å². The number of ether oxygens (including phenoxy) is 2. The summed E-state index contributed by atoms with van der Waals surface area (Å²) >= 11 is 0. The van der Waals surface area contributed by atoms with E-state index in [4.69, 9.17) is 9.47 Å². The topological polar surface area (TPSA) is 99.5 Å². The first kappa shape index (κ1) is 25.6. The highest BCUT2D eigenvalue weighted by molar-refractivity contribution is 6.46. The van der Waals surface area contributed by atoms with Gasteiger partial charge in [0.25, 0.3) is 11.7 Å². The maximum absolute atomic E-state index is 13.3. The van der Waals surface area contributed by atoms with E-state index in [9.17, 15) is 19.8 Å². The van der Waals surface area contributed by atoms with Crippen LogP contribution in [-0.4, -0.2) is 71.1 Å². The number of rotatable bonds is 9. The van der Waals surface area contributed by atoms with E-state index in [2.05, 4.69) is 18.7 Å².